The number of rotatable bonds is 3. The average molecular weight is 351 g/mol. The Kier molecular flexibility index (Phi) is 4.17. The summed E-state index contributed by atoms with van der Waals surface area (Å²) in [7, 11) is 0. The largest absolute Gasteiger partial charge is 0.397 e. The molecule has 1 aliphatic rings. The van der Waals surface area contributed by atoms with Crippen LogP contribution < -0.4 is 11.1 Å². The topological polar surface area (TPSA) is 68.0 Å². The molecule has 1 aromatic carbocycles. The number of hydrogen-bond acceptors (Lipinski definition) is 4. The number of nitrogens with two attached hydrogens (primary N) is 1. The van der Waals surface area contributed by atoms with Gasteiger partial charge in [-0.3, -0.25) is 4.79 Å². The number of aryl methyl sites for hydroxylation is 2. The SMILES string of the molecule is Cc1nc2sc(C(=O)NCc3ccccc3)c(N)c2c2c1CCCC2. The van der Waals surface area contributed by atoms with E-state index >= 15 is 0 Å². The summed E-state index contributed by atoms with van der Waals surface area (Å²) in [5.41, 5.74) is 11.8. The quantitative estimate of drug-likeness (QED) is 0.749. The van der Waals surface area contributed by atoms with Gasteiger partial charge in [-0.2, -0.15) is 0 Å². The zero-order chi connectivity index (χ0) is 17.4. The van der Waals surface area contributed by atoms with Crippen LogP contribution in [0.25, 0.3) is 10.2 Å². The lowest BCUT2D eigenvalue weighted by Gasteiger charge is -2.18. The van der Waals surface area contributed by atoms with E-state index in [2.05, 4.69) is 12.2 Å². The zero-order valence-electron chi connectivity index (χ0n) is 14.3. The van der Waals surface area contributed by atoms with Gasteiger partial charge in [0.05, 0.1) is 5.69 Å². The van der Waals surface area contributed by atoms with Gasteiger partial charge in [0.15, 0.2) is 0 Å². The average Bonchev–Trinajstić information content (AvgIpc) is 2.97. The lowest BCUT2D eigenvalue weighted by atomic mass is 9.89. The molecule has 0 spiro atoms. The fourth-order valence-electron chi connectivity index (χ4n) is 3.63. The molecule has 0 radical (unpaired) electrons. The summed E-state index contributed by atoms with van der Waals surface area (Å²) in [6.07, 6.45) is 4.47. The van der Waals surface area contributed by atoms with Crippen LogP contribution in [0.5, 0.6) is 0 Å². The summed E-state index contributed by atoms with van der Waals surface area (Å²) in [4.78, 5) is 18.9. The summed E-state index contributed by atoms with van der Waals surface area (Å²) in [6.45, 7) is 2.56. The summed E-state index contributed by atoms with van der Waals surface area (Å²) in [5, 5.41) is 3.98. The van der Waals surface area contributed by atoms with Crippen molar-refractivity contribution in [2.45, 2.75) is 39.2 Å². The van der Waals surface area contributed by atoms with Gasteiger partial charge in [0.25, 0.3) is 5.91 Å². The number of fused-ring (bicyclic) bond motifs is 3. The van der Waals surface area contributed by atoms with Crippen molar-refractivity contribution >= 4 is 33.1 Å². The van der Waals surface area contributed by atoms with Crippen LogP contribution in [0.1, 0.15) is 44.9 Å². The molecule has 0 bridgehead atoms. The second-order valence-corrected chi connectivity index (χ2v) is 7.55. The molecule has 5 heteroatoms. The van der Waals surface area contributed by atoms with Crippen molar-refractivity contribution < 1.29 is 4.79 Å². The second kappa shape index (κ2) is 6.48. The third-order valence-electron chi connectivity index (χ3n) is 4.90. The molecule has 3 aromatic rings. The summed E-state index contributed by atoms with van der Waals surface area (Å²) >= 11 is 1.41. The van der Waals surface area contributed by atoms with Crippen LogP contribution in [-0.4, -0.2) is 10.9 Å². The van der Waals surface area contributed by atoms with Crippen LogP contribution in [0.4, 0.5) is 5.69 Å². The smallest absolute Gasteiger partial charge is 0.263 e. The fraction of sp³-hybridized carbons (Fsp3) is 0.300. The molecule has 0 fully saturated rings. The predicted molar refractivity (Wildman–Crippen MR) is 103 cm³/mol. The van der Waals surface area contributed by atoms with Gasteiger partial charge in [-0.25, -0.2) is 4.98 Å². The van der Waals surface area contributed by atoms with Crippen molar-refractivity contribution in [3.63, 3.8) is 0 Å². The van der Waals surface area contributed by atoms with Crippen molar-refractivity contribution in [1.29, 1.82) is 0 Å². The number of nitrogen functional groups attached to an aromatic ring is 1. The second-order valence-electron chi connectivity index (χ2n) is 6.55. The third kappa shape index (κ3) is 2.89. The molecular weight excluding hydrogens is 330 g/mol. The van der Waals surface area contributed by atoms with Crippen molar-refractivity contribution in [3.05, 3.63) is 57.6 Å². The van der Waals surface area contributed by atoms with Crippen LogP contribution in [0.3, 0.4) is 0 Å². The minimum Gasteiger partial charge on any atom is -0.397 e. The number of amides is 1. The van der Waals surface area contributed by atoms with Gasteiger partial charge in [0, 0.05) is 17.6 Å². The Labute approximate surface area is 151 Å². The van der Waals surface area contributed by atoms with E-state index in [-0.39, 0.29) is 5.91 Å². The summed E-state index contributed by atoms with van der Waals surface area (Å²) < 4.78 is 0. The van der Waals surface area contributed by atoms with E-state index in [9.17, 15) is 4.79 Å². The van der Waals surface area contributed by atoms with Gasteiger partial charge in [-0.15, -0.1) is 11.3 Å². The molecule has 0 unspecified atom stereocenters. The van der Waals surface area contributed by atoms with E-state index < -0.39 is 0 Å². The van der Waals surface area contributed by atoms with Crippen LogP contribution in [-0.2, 0) is 19.4 Å². The predicted octanol–water partition coefficient (Wildman–Crippen LogP) is 4.00. The van der Waals surface area contributed by atoms with E-state index in [1.165, 1.54) is 35.3 Å². The maximum atomic E-state index is 12.7. The van der Waals surface area contributed by atoms with Crippen molar-refractivity contribution in [3.8, 4) is 0 Å². The Hall–Kier alpha value is -2.40. The summed E-state index contributed by atoms with van der Waals surface area (Å²) in [5.74, 6) is -0.119. The van der Waals surface area contributed by atoms with E-state index in [4.69, 9.17) is 10.7 Å². The van der Waals surface area contributed by atoms with Crippen LogP contribution in [0.2, 0.25) is 0 Å². The van der Waals surface area contributed by atoms with Crippen molar-refractivity contribution in [2.75, 3.05) is 5.73 Å². The first-order valence-electron chi connectivity index (χ1n) is 8.67. The van der Waals surface area contributed by atoms with E-state index in [0.717, 1.165) is 34.3 Å². The monoisotopic (exact) mass is 351 g/mol. The lowest BCUT2D eigenvalue weighted by Crippen LogP contribution is -2.22. The van der Waals surface area contributed by atoms with Crippen LogP contribution >= 0.6 is 11.3 Å². The fourth-order valence-corrected chi connectivity index (χ4v) is 4.72. The number of thiophene rings is 1. The number of carbonyl (C=O) groups excluding carboxylic acids is 1. The van der Waals surface area contributed by atoms with Gasteiger partial charge in [-0.1, -0.05) is 30.3 Å². The number of anilines is 1. The first-order valence-corrected chi connectivity index (χ1v) is 9.49. The molecule has 4 rings (SSSR count). The minimum absolute atomic E-state index is 0.119. The van der Waals surface area contributed by atoms with Crippen LogP contribution in [0.15, 0.2) is 30.3 Å². The first kappa shape index (κ1) is 16.1. The normalized spacial score (nSPS) is 13.6. The van der Waals surface area contributed by atoms with Crippen molar-refractivity contribution in [1.82, 2.24) is 10.3 Å². The van der Waals surface area contributed by atoms with Crippen LogP contribution in [0, 0.1) is 6.92 Å². The molecule has 0 aliphatic heterocycles. The standard InChI is InChI=1S/C20H21N3OS/c1-12-14-9-5-6-10-15(14)16-17(21)18(25-20(16)23-12)19(24)22-11-13-7-3-2-4-8-13/h2-4,7-8H,5-6,9-11,21H2,1H3,(H,22,24). The Morgan fingerprint density at radius 2 is 1.92 bits per heavy atom. The molecule has 3 N–H and O–H groups in total. The number of nitrogens with one attached hydrogen (secondary N) is 1. The van der Waals surface area contributed by atoms with Gasteiger partial charge in [-0.05, 0) is 49.3 Å². The van der Waals surface area contributed by atoms with Gasteiger partial charge in [0.2, 0.25) is 0 Å². The highest BCUT2D eigenvalue weighted by atomic mass is 32.1. The Morgan fingerprint density at radius 1 is 1.20 bits per heavy atom. The first-order chi connectivity index (χ1) is 12.1. The number of hydrogen-bond donors (Lipinski definition) is 2. The number of pyridine rings is 1. The Bertz CT molecular complexity index is 947. The van der Waals surface area contributed by atoms with E-state index in [0.29, 0.717) is 17.1 Å². The molecule has 1 amide bonds. The molecule has 0 atom stereocenters. The van der Waals surface area contributed by atoms with Gasteiger partial charge in [0.1, 0.15) is 9.71 Å². The molecular formula is C20H21N3OS. The lowest BCUT2D eigenvalue weighted by molar-refractivity contribution is 0.0956. The number of aromatic nitrogens is 1. The van der Waals surface area contributed by atoms with E-state index in [1.54, 1.807) is 0 Å². The molecule has 1 aliphatic carbocycles. The number of carbonyl (C=O) groups is 1. The van der Waals surface area contributed by atoms with Gasteiger partial charge >= 0.3 is 0 Å². The molecule has 128 valence electrons. The Balaban J connectivity index is 1.68. The molecule has 25 heavy (non-hydrogen) atoms. The Morgan fingerprint density at radius 3 is 2.68 bits per heavy atom. The molecule has 4 nitrogen and oxygen atoms in total. The molecule has 2 aromatic heterocycles. The van der Waals surface area contributed by atoms with E-state index in [1.807, 2.05) is 30.3 Å². The molecule has 0 saturated carbocycles. The molecule has 0 saturated heterocycles. The highest BCUT2D eigenvalue weighted by molar-refractivity contribution is 7.21. The number of benzene rings is 1. The maximum Gasteiger partial charge on any atom is 0.263 e. The molecule has 2 heterocycles. The highest BCUT2D eigenvalue weighted by Gasteiger charge is 2.23. The number of nitrogens with zero attached hydrogens (tertiary/aromatic N) is 1. The minimum atomic E-state index is -0.119. The third-order valence-corrected chi connectivity index (χ3v) is 6.00. The summed E-state index contributed by atoms with van der Waals surface area (Å²) in [6, 6.07) is 9.89. The van der Waals surface area contributed by atoms with Crippen molar-refractivity contribution in [2.24, 2.45) is 0 Å². The maximum absolute atomic E-state index is 12.7. The zero-order valence-corrected chi connectivity index (χ0v) is 15.1. The van der Waals surface area contributed by atoms with Gasteiger partial charge < -0.3 is 11.1 Å². The highest BCUT2D eigenvalue weighted by Crippen LogP contribution is 2.39.